The maximum atomic E-state index is 13.0. The number of nitrogens with one attached hydrogen (secondary N) is 1. The molecule has 3 heterocycles. The number of piperidine rings is 2. The molecule has 1 aromatic heterocycles. The van der Waals surface area contributed by atoms with E-state index >= 15 is 0 Å². The number of fused-ring (bicyclic) bond motifs is 1. The van der Waals surface area contributed by atoms with Crippen LogP contribution < -0.4 is 5.32 Å². The third-order valence-electron chi connectivity index (χ3n) is 7.42. The summed E-state index contributed by atoms with van der Waals surface area (Å²) in [7, 11) is 0. The number of aryl methyl sites for hydroxylation is 2. The molecule has 2 aliphatic heterocycles. The Labute approximate surface area is 194 Å². The van der Waals surface area contributed by atoms with E-state index in [-0.39, 0.29) is 32.0 Å². The molecule has 4 rings (SSSR count). The van der Waals surface area contributed by atoms with Gasteiger partial charge in [0.1, 0.15) is 0 Å². The number of aliphatic hydroxyl groups is 1. The van der Waals surface area contributed by atoms with E-state index in [0.717, 1.165) is 31.4 Å². The summed E-state index contributed by atoms with van der Waals surface area (Å²) in [5.74, 6) is -1.42. The molecule has 2 fully saturated rings. The lowest BCUT2D eigenvalue weighted by atomic mass is 9.84. The van der Waals surface area contributed by atoms with Crippen molar-refractivity contribution < 1.29 is 24.6 Å². The second-order valence-electron chi connectivity index (χ2n) is 9.66. The molecule has 1 aromatic rings. The Morgan fingerprint density at radius 3 is 2.33 bits per heavy atom. The topological polar surface area (TPSA) is 123 Å². The van der Waals surface area contributed by atoms with Gasteiger partial charge in [-0.3, -0.25) is 9.78 Å². The fourth-order valence-electron chi connectivity index (χ4n) is 5.40. The van der Waals surface area contributed by atoms with Crippen LogP contribution in [0.2, 0.25) is 0 Å². The average Bonchev–Trinajstić information content (AvgIpc) is 2.82. The number of aliphatic carboxylic acids is 1. The number of carbonyl (C=O) groups is 3. The highest BCUT2D eigenvalue weighted by Gasteiger charge is 2.45. The number of nitrogens with zero attached hydrogens (tertiary/aromatic N) is 3. The number of carboxylic acids is 1. The lowest BCUT2D eigenvalue weighted by molar-refractivity contribution is -0.152. The highest BCUT2D eigenvalue weighted by atomic mass is 16.4. The summed E-state index contributed by atoms with van der Waals surface area (Å²) in [5.41, 5.74) is 2.20. The van der Waals surface area contributed by atoms with Gasteiger partial charge in [-0.15, -0.1) is 0 Å². The minimum Gasteiger partial charge on any atom is -0.480 e. The smallest absolute Gasteiger partial charge is 0.329 e. The van der Waals surface area contributed by atoms with Crippen LogP contribution in [0.25, 0.3) is 0 Å². The molecule has 0 unspecified atom stereocenters. The van der Waals surface area contributed by atoms with Gasteiger partial charge in [-0.2, -0.15) is 0 Å². The van der Waals surface area contributed by atoms with Crippen molar-refractivity contribution in [2.24, 2.45) is 0 Å². The molecule has 0 aromatic carbocycles. The Balaban J connectivity index is 1.31. The van der Waals surface area contributed by atoms with Gasteiger partial charge >= 0.3 is 12.0 Å². The first kappa shape index (κ1) is 23.5. The third kappa shape index (κ3) is 5.13. The number of pyridine rings is 1. The standard InChI is InChI=1S/C24H34N4O5/c1-16(29)25-21(22(30)31)24(33)10-14-28(15-11-24)23(32)27-12-8-18(9-13-27)20-7-6-17-4-2-3-5-19(17)26-20/h6-7,18,21,33H,2-5,8-15H2,1H3,(H,25,29)(H,30,31)/t21-/m0/s1. The monoisotopic (exact) mass is 458 g/mol. The van der Waals surface area contributed by atoms with Crippen LogP contribution in [-0.4, -0.2) is 80.7 Å². The molecule has 0 saturated carbocycles. The van der Waals surface area contributed by atoms with Crippen LogP contribution in [0.4, 0.5) is 4.79 Å². The summed E-state index contributed by atoms with van der Waals surface area (Å²) in [6.07, 6.45) is 6.59. The lowest BCUT2D eigenvalue weighted by Gasteiger charge is -2.43. The van der Waals surface area contributed by atoms with E-state index in [1.165, 1.54) is 31.0 Å². The maximum absolute atomic E-state index is 13.0. The van der Waals surface area contributed by atoms with Crippen LogP contribution in [0.3, 0.4) is 0 Å². The van der Waals surface area contributed by atoms with E-state index < -0.39 is 23.5 Å². The van der Waals surface area contributed by atoms with Crippen molar-refractivity contribution >= 4 is 17.9 Å². The summed E-state index contributed by atoms with van der Waals surface area (Å²) in [5, 5.41) is 22.6. The van der Waals surface area contributed by atoms with Crippen molar-refractivity contribution in [1.29, 1.82) is 0 Å². The van der Waals surface area contributed by atoms with Gasteiger partial charge in [0.25, 0.3) is 0 Å². The summed E-state index contributed by atoms with van der Waals surface area (Å²) in [4.78, 5) is 44.4. The zero-order valence-corrected chi connectivity index (χ0v) is 19.3. The quantitative estimate of drug-likeness (QED) is 0.631. The predicted octanol–water partition coefficient (Wildman–Crippen LogP) is 1.68. The zero-order chi connectivity index (χ0) is 23.6. The average molecular weight is 459 g/mol. The first-order valence-corrected chi connectivity index (χ1v) is 12.0. The summed E-state index contributed by atoms with van der Waals surface area (Å²) >= 11 is 0. The van der Waals surface area contributed by atoms with E-state index in [1.807, 2.05) is 4.90 Å². The minimum atomic E-state index is -1.57. The van der Waals surface area contributed by atoms with Gasteiger partial charge in [-0.05, 0) is 63.0 Å². The highest BCUT2D eigenvalue weighted by molar-refractivity contribution is 5.83. The molecule has 33 heavy (non-hydrogen) atoms. The molecule has 9 heteroatoms. The molecule has 1 atom stereocenters. The Hall–Kier alpha value is -2.68. The first-order valence-electron chi connectivity index (χ1n) is 12.0. The Morgan fingerprint density at radius 2 is 1.70 bits per heavy atom. The second kappa shape index (κ2) is 9.67. The molecule has 2 saturated heterocycles. The SMILES string of the molecule is CC(=O)N[C@@H](C(=O)O)C1(O)CCN(C(=O)N2CCC(c3ccc4c(n3)CCCC4)CC2)CC1. The molecule has 0 radical (unpaired) electrons. The molecule has 9 nitrogen and oxygen atoms in total. The van der Waals surface area contributed by atoms with Gasteiger partial charge in [0.15, 0.2) is 6.04 Å². The summed E-state index contributed by atoms with van der Waals surface area (Å²) < 4.78 is 0. The molecule has 3 amide bonds. The van der Waals surface area contributed by atoms with Crippen molar-refractivity contribution in [2.75, 3.05) is 26.2 Å². The van der Waals surface area contributed by atoms with Gasteiger partial charge in [-0.1, -0.05) is 6.07 Å². The second-order valence-corrected chi connectivity index (χ2v) is 9.66. The van der Waals surface area contributed by atoms with E-state index in [9.17, 15) is 24.6 Å². The fraction of sp³-hybridized carbons (Fsp3) is 0.667. The Bertz CT molecular complexity index is 904. The minimum absolute atomic E-state index is 0.0692. The molecule has 180 valence electrons. The van der Waals surface area contributed by atoms with Crippen LogP contribution in [0.15, 0.2) is 12.1 Å². The summed E-state index contributed by atoms with van der Waals surface area (Å²) in [6, 6.07) is 2.94. The van der Waals surface area contributed by atoms with Crippen LogP contribution in [0.1, 0.15) is 68.3 Å². The number of aromatic nitrogens is 1. The number of hydrogen-bond donors (Lipinski definition) is 3. The van der Waals surface area contributed by atoms with Crippen LogP contribution in [0.5, 0.6) is 0 Å². The number of hydrogen-bond acceptors (Lipinski definition) is 5. The molecule has 3 aliphatic rings. The number of amides is 3. The largest absolute Gasteiger partial charge is 0.480 e. The lowest BCUT2D eigenvalue weighted by Crippen LogP contribution is -2.62. The van der Waals surface area contributed by atoms with Crippen LogP contribution >= 0.6 is 0 Å². The summed E-state index contributed by atoms with van der Waals surface area (Å²) in [6.45, 7) is 3.05. The molecule has 1 aliphatic carbocycles. The van der Waals surface area contributed by atoms with Gasteiger partial charge in [0, 0.05) is 50.4 Å². The number of carboxylic acid groups (broad SMARTS) is 1. The molecular formula is C24H34N4O5. The fourth-order valence-corrected chi connectivity index (χ4v) is 5.40. The van der Waals surface area contributed by atoms with Gasteiger partial charge in [0.05, 0.1) is 5.60 Å². The highest BCUT2D eigenvalue weighted by Crippen LogP contribution is 2.31. The number of likely N-dealkylation sites (tertiary alicyclic amines) is 2. The van der Waals surface area contributed by atoms with Crippen molar-refractivity contribution in [3.63, 3.8) is 0 Å². The molecule has 0 spiro atoms. The zero-order valence-electron chi connectivity index (χ0n) is 19.3. The Kier molecular flexibility index (Phi) is 6.88. The molecule has 3 N–H and O–H groups in total. The predicted molar refractivity (Wildman–Crippen MR) is 121 cm³/mol. The molecular weight excluding hydrogens is 424 g/mol. The van der Waals surface area contributed by atoms with Crippen molar-refractivity contribution in [3.05, 3.63) is 29.1 Å². The van der Waals surface area contributed by atoms with Gasteiger partial charge < -0.3 is 25.3 Å². The first-order chi connectivity index (χ1) is 15.8. The molecule has 0 bridgehead atoms. The number of carbonyl (C=O) groups excluding carboxylic acids is 2. The number of rotatable bonds is 4. The van der Waals surface area contributed by atoms with Gasteiger partial charge in [-0.25, -0.2) is 9.59 Å². The maximum Gasteiger partial charge on any atom is 0.329 e. The third-order valence-corrected chi connectivity index (χ3v) is 7.42. The van der Waals surface area contributed by atoms with Crippen LogP contribution in [0, 0.1) is 0 Å². The van der Waals surface area contributed by atoms with Crippen LogP contribution in [-0.2, 0) is 22.4 Å². The van der Waals surface area contributed by atoms with Crippen molar-refractivity contribution in [2.45, 2.75) is 75.9 Å². The van der Waals surface area contributed by atoms with Crippen molar-refractivity contribution in [3.8, 4) is 0 Å². The number of urea groups is 1. The van der Waals surface area contributed by atoms with Crippen molar-refractivity contribution in [1.82, 2.24) is 20.1 Å². The van der Waals surface area contributed by atoms with E-state index in [1.54, 1.807) is 4.90 Å². The van der Waals surface area contributed by atoms with E-state index in [4.69, 9.17) is 4.98 Å². The Morgan fingerprint density at radius 1 is 1.06 bits per heavy atom. The van der Waals surface area contributed by atoms with Gasteiger partial charge in [0.2, 0.25) is 5.91 Å². The van der Waals surface area contributed by atoms with E-state index in [0.29, 0.717) is 19.0 Å². The normalized spacial score (nSPS) is 21.8. The van der Waals surface area contributed by atoms with E-state index in [2.05, 4.69) is 17.4 Å².